The number of hydrazine groups is 1. The van der Waals surface area contributed by atoms with Crippen LogP contribution in [0.4, 0.5) is 32.0 Å². The summed E-state index contributed by atoms with van der Waals surface area (Å²) < 4.78 is 81.2. The molecular weight excluding hydrogens is 438 g/mol. The lowest BCUT2D eigenvalue weighted by molar-refractivity contribution is -0.137. The zero-order chi connectivity index (χ0) is 23.5. The van der Waals surface area contributed by atoms with Gasteiger partial charge in [-0.1, -0.05) is 6.07 Å². The molecule has 0 spiro atoms. The SMILES string of the molecule is CN1CCN(C(C(=O)NNc2cc(CF)cc(C(F)(F)F)c2)c2c(F)cccc2F)CC1. The molecule has 1 aliphatic rings. The first-order valence-corrected chi connectivity index (χ1v) is 9.79. The Bertz CT molecular complexity index is 940. The van der Waals surface area contributed by atoms with E-state index >= 15 is 0 Å². The van der Waals surface area contributed by atoms with Gasteiger partial charge in [-0.2, -0.15) is 13.2 Å². The second kappa shape index (κ2) is 9.78. The monoisotopic (exact) mass is 460 g/mol. The van der Waals surface area contributed by atoms with E-state index in [2.05, 4.69) is 10.9 Å². The average Bonchev–Trinajstić information content (AvgIpc) is 2.75. The fourth-order valence-corrected chi connectivity index (χ4v) is 3.54. The van der Waals surface area contributed by atoms with Crippen molar-refractivity contribution in [1.82, 2.24) is 15.2 Å². The van der Waals surface area contributed by atoms with Gasteiger partial charge in [-0.15, -0.1) is 0 Å². The molecule has 3 rings (SSSR count). The van der Waals surface area contributed by atoms with E-state index in [1.807, 2.05) is 11.9 Å². The Balaban J connectivity index is 1.86. The average molecular weight is 460 g/mol. The number of likely N-dealkylation sites (N-methyl/N-ethyl adjacent to an activating group) is 1. The number of amides is 1. The summed E-state index contributed by atoms with van der Waals surface area (Å²) in [5.74, 6) is -2.69. The van der Waals surface area contributed by atoms with Crippen LogP contribution in [0.1, 0.15) is 22.7 Å². The number of piperazine rings is 1. The molecule has 174 valence electrons. The largest absolute Gasteiger partial charge is 0.416 e. The molecule has 5 nitrogen and oxygen atoms in total. The molecule has 1 heterocycles. The van der Waals surface area contributed by atoms with E-state index in [9.17, 15) is 31.1 Å². The summed E-state index contributed by atoms with van der Waals surface area (Å²) in [7, 11) is 1.87. The number of hydrogen-bond donors (Lipinski definition) is 2. The maximum atomic E-state index is 14.5. The van der Waals surface area contributed by atoms with Crippen molar-refractivity contribution < 1.29 is 31.1 Å². The summed E-state index contributed by atoms with van der Waals surface area (Å²) >= 11 is 0. The fraction of sp³-hybridized carbons (Fsp3) is 0.381. The van der Waals surface area contributed by atoms with Gasteiger partial charge in [-0.05, 0) is 42.9 Å². The van der Waals surface area contributed by atoms with Crippen molar-refractivity contribution in [1.29, 1.82) is 0 Å². The van der Waals surface area contributed by atoms with Crippen LogP contribution in [-0.2, 0) is 17.6 Å². The van der Waals surface area contributed by atoms with Crippen LogP contribution in [0.5, 0.6) is 0 Å². The number of carbonyl (C=O) groups is 1. The van der Waals surface area contributed by atoms with Crippen molar-refractivity contribution in [2.45, 2.75) is 18.9 Å². The third kappa shape index (κ3) is 5.52. The second-order valence-corrected chi connectivity index (χ2v) is 7.54. The van der Waals surface area contributed by atoms with E-state index in [0.29, 0.717) is 38.3 Å². The minimum absolute atomic E-state index is 0.216. The maximum absolute atomic E-state index is 14.5. The Kier molecular flexibility index (Phi) is 7.29. The summed E-state index contributed by atoms with van der Waals surface area (Å²) in [5.41, 5.74) is 2.53. The third-order valence-electron chi connectivity index (χ3n) is 5.23. The van der Waals surface area contributed by atoms with E-state index in [0.717, 1.165) is 18.2 Å². The molecule has 0 saturated carbocycles. The molecule has 1 amide bonds. The van der Waals surface area contributed by atoms with Crippen LogP contribution < -0.4 is 10.9 Å². The van der Waals surface area contributed by atoms with Crippen molar-refractivity contribution in [3.63, 3.8) is 0 Å². The van der Waals surface area contributed by atoms with Gasteiger partial charge in [0.05, 0.1) is 16.8 Å². The van der Waals surface area contributed by atoms with E-state index in [1.54, 1.807) is 4.90 Å². The van der Waals surface area contributed by atoms with Gasteiger partial charge < -0.3 is 4.90 Å². The first kappa shape index (κ1) is 23.9. The number of alkyl halides is 4. The fourth-order valence-electron chi connectivity index (χ4n) is 3.54. The smallest absolute Gasteiger partial charge is 0.304 e. The molecule has 11 heteroatoms. The van der Waals surface area contributed by atoms with Crippen LogP contribution in [0.25, 0.3) is 0 Å². The van der Waals surface area contributed by atoms with Gasteiger partial charge in [-0.25, -0.2) is 13.2 Å². The zero-order valence-corrected chi connectivity index (χ0v) is 17.1. The van der Waals surface area contributed by atoms with Gasteiger partial charge in [0.25, 0.3) is 5.91 Å². The predicted octanol–water partition coefficient (Wildman–Crippen LogP) is 3.88. The molecule has 1 unspecified atom stereocenters. The minimum Gasteiger partial charge on any atom is -0.304 e. The standard InChI is InChI=1S/C21H22F6N4O/c1-30-5-7-31(8-6-30)19(18-16(23)3-2-4-17(18)24)20(32)29-28-15-10-13(12-22)9-14(11-15)21(25,26)27/h2-4,9-11,19,28H,5-8,12H2,1H3,(H,29,32). The summed E-state index contributed by atoms with van der Waals surface area (Å²) in [5, 5.41) is 0. The van der Waals surface area contributed by atoms with E-state index in [1.165, 1.54) is 6.07 Å². The molecule has 2 N–H and O–H groups in total. The van der Waals surface area contributed by atoms with Crippen molar-refractivity contribution in [2.75, 3.05) is 38.7 Å². The predicted molar refractivity (Wildman–Crippen MR) is 106 cm³/mol. The number of nitrogens with zero attached hydrogens (tertiary/aromatic N) is 2. The van der Waals surface area contributed by atoms with Gasteiger partial charge in [0.15, 0.2) is 0 Å². The maximum Gasteiger partial charge on any atom is 0.416 e. The van der Waals surface area contributed by atoms with Gasteiger partial charge in [0, 0.05) is 26.2 Å². The second-order valence-electron chi connectivity index (χ2n) is 7.54. The molecule has 1 saturated heterocycles. The number of anilines is 1. The highest BCUT2D eigenvalue weighted by Gasteiger charge is 2.34. The van der Waals surface area contributed by atoms with E-state index in [-0.39, 0.29) is 11.3 Å². The van der Waals surface area contributed by atoms with Crippen molar-refractivity contribution in [3.05, 3.63) is 64.7 Å². The molecule has 1 aliphatic heterocycles. The molecule has 2 aromatic carbocycles. The summed E-state index contributed by atoms with van der Waals surface area (Å²) in [6.07, 6.45) is -4.72. The Morgan fingerprint density at radius 1 is 1.06 bits per heavy atom. The van der Waals surface area contributed by atoms with Crippen LogP contribution >= 0.6 is 0 Å². The van der Waals surface area contributed by atoms with Crippen LogP contribution in [0, 0.1) is 11.6 Å². The summed E-state index contributed by atoms with van der Waals surface area (Å²) in [4.78, 5) is 16.6. The first-order valence-electron chi connectivity index (χ1n) is 9.79. The lowest BCUT2D eigenvalue weighted by atomic mass is 10.0. The van der Waals surface area contributed by atoms with Gasteiger partial charge >= 0.3 is 6.18 Å². The molecular formula is C21H22F6N4O. The lowest BCUT2D eigenvalue weighted by Crippen LogP contribution is -2.51. The number of nitrogens with one attached hydrogen (secondary N) is 2. The van der Waals surface area contributed by atoms with E-state index < -0.39 is 47.6 Å². The molecule has 1 fully saturated rings. The number of rotatable bonds is 6. The number of benzene rings is 2. The topological polar surface area (TPSA) is 47.6 Å². The highest BCUT2D eigenvalue weighted by Crippen LogP contribution is 2.32. The summed E-state index contributed by atoms with van der Waals surface area (Å²) in [6.45, 7) is 0.661. The number of carbonyl (C=O) groups excluding carboxylic acids is 1. The molecule has 0 aromatic heterocycles. The van der Waals surface area contributed by atoms with Crippen LogP contribution in [0.2, 0.25) is 0 Å². The number of hydrogen-bond acceptors (Lipinski definition) is 4. The Morgan fingerprint density at radius 3 is 2.25 bits per heavy atom. The van der Waals surface area contributed by atoms with Gasteiger partial charge in [0.2, 0.25) is 0 Å². The van der Waals surface area contributed by atoms with Crippen LogP contribution in [0.3, 0.4) is 0 Å². The molecule has 0 radical (unpaired) electrons. The lowest BCUT2D eigenvalue weighted by Gasteiger charge is -2.37. The molecule has 0 aliphatic carbocycles. The molecule has 32 heavy (non-hydrogen) atoms. The quantitative estimate of drug-likeness (QED) is 0.508. The highest BCUT2D eigenvalue weighted by molar-refractivity contribution is 5.84. The van der Waals surface area contributed by atoms with E-state index in [4.69, 9.17) is 0 Å². The van der Waals surface area contributed by atoms with Crippen molar-refractivity contribution in [2.24, 2.45) is 0 Å². The normalized spacial score (nSPS) is 16.6. The first-order chi connectivity index (χ1) is 15.1. The third-order valence-corrected chi connectivity index (χ3v) is 5.23. The number of halogens is 6. The molecule has 2 aromatic rings. The zero-order valence-electron chi connectivity index (χ0n) is 17.1. The Hall–Kier alpha value is -2.79. The molecule has 1 atom stereocenters. The Morgan fingerprint density at radius 2 is 1.69 bits per heavy atom. The van der Waals surface area contributed by atoms with Crippen LogP contribution in [0.15, 0.2) is 36.4 Å². The minimum atomic E-state index is -4.72. The molecule has 0 bridgehead atoms. The van der Waals surface area contributed by atoms with Crippen molar-refractivity contribution >= 4 is 11.6 Å². The summed E-state index contributed by atoms with van der Waals surface area (Å²) in [6, 6.07) is 4.34. The Labute approximate surface area is 181 Å². The van der Waals surface area contributed by atoms with Gasteiger partial charge in [-0.3, -0.25) is 20.5 Å². The van der Waals surface area contributed by atoms with Crippen molar-refractivity contribution in [3.8, 4) is 0 Å². The van der Waals surface area contributed by atoms with Gasteiger partial charge in [0.1, 0.15) is 24.4 Å². The highest BCUT2D eigenvalue weighted by atomic mass is 19.4. The van der Waals surface area contributed by atoms with Crippen LogP contribution in [-0.4, -0.2) is 48.9 Å².